The van der Waals surface area contributed by atoms with E-state index in [4.69, 9.17) is 22.2 Å². The molecule has 0 aromatic heterocycles. The smallest absolute Gasteiger partial charge is 0.139 e. The molecule has 0 unspecified atom stereocenters. The van der Waals surface area contributed by atoms with Crippen molar-refractivity contribution in [2.45, 2.75) is 0 Å². The Morgan fingerprint density at radius 1 is 1.18 bits per heavy atom. The average molecular weight is 270 g/mol. The molecule has 1 aromatic carbocycles. The SMILES string of the molecule is Cl[Si](Cl)(CBr)c1ccccc1. The average Bonchev–Trinajstić information content (AvgIpc) is 2.06. The molecular formula is C7H7BrCl2Si. The van der Waals surface area contributed by atoms with Crippen molar-refractivity contribution >= 4 is 50.0 Å². The maximum atomic E-state index is 6.10. The van der Waals surface area contributed by atoms with Gasteiger partial charge in [0.25, 0.3) is 6.69 Å². The molecule has 60 valence electrons. The Bertz CT molecular complexity index is 225. The number of benzene rings is 1. The molecule has 1 aromatic rings. The zero-order chi connectivity index (χ0) is 8.32. The largest absolute Gasteiger partial charge is 0.290 e. The number of hydrogen-bond acceptors (Lipinski definition) is 0. The molecule has 0 N–H and O–H groups in total. The highest BCUT2D eigenvalue weighted by Gasteiger charge is 2.28. The minimum absolute atomic E-state index is 0.674. The van der Waals surface area contributed by atoms with Crippen LogP contribution in [0.5, 0.6) is 0 Å². The maximum Gasteiger partial charge on any atom is 0.290 e. The summed E-state index contributed by atoms with van der Waals surface area (Å²) in [5, 5.41) is 1.06. The lowest BCUT2D eigenvalue weighted by Crippen LogP contribution is -2.38. The molecule has 0 radical (unpaired) electrons. The zero-order valence-corrected chi connectivity index (χ0v) is 9.83. The number of hydrogen-bond donors (Lipinski definition) is 0. The summed E-state index contributed by atoms with van der Waals surface area (Å²) >= 11 is 15.5. The topological polar surface area (TPSA) is 0 Å². The fraction of sp³-hybridized carbons (Fsp3) is 0.143. The molecule has 0 spiro atoms. The lowest BCUT2D eigenvalue weighted by Gasteiger charge is -2.12. The van der Waals surface area contributed by atoms with Crippen LogP contribution in [-0.2, 0) is 0 Å². The van der Waals surface area contributed by atoms with Crippen molar-refractivity contribution in [3.63, 3.8) is 0 Å². The second-order valence-electron chi connectivity index (χ2n) is 2.20. The normalized spacial score (nSPS) is 11.5. The highest BCUT2D eigenvalue weighted by atomic mass is 79.9. The van der Waals surface area contributed by atoms with Gasteiger partial charge in [-0.15, -0.1) is 22.2 Å². The van der Waals surface area contributed by atoms with E-state index in [0.29, 0.717) is 4.95 Å². The van der Waals surface area contributed by atoms with E-state index in [-0.39, 0.29) is 0 Å². The minimum Gasteiger partial charge on any atom is -0.139 e. The summed E-state index contributed by atoms with van der Waals surface area (Å²) in [7, 11) is 0. The van der Waals surface area contributed by atoms with Crippen LogP contribution < -0.4 is 5.19 Å². The van der Waals surface area contributed by atoms with Gasteiger partial charge in [-0.25, -0.2) is 0 Å². The first-order valence-electron chi connectivity index (χ1n) is 3.16. The van der Waals surface area contributed by atoms with Crippen molar-refractivity contribution in [2.75, 3.05) is 4.95 Å². The van der Waals surface area contributed by atoms with Crippen molar-refractivity contribution in [1.82, 2.24) is 0 Å². The fourth-order valence-corrected chi connectivity index (χ4v) is 3.32. The summed E-state index contributed by atoms with van der Waals surface area (Å²) in [6.45, 7) is -2.19. The third-order valence-electron chi connectivity index (χ3n) is 1.36. The zero-order valence-electron chi connectivity index (χ0n) is 5.73. The van der Waals surface area contributed by atoms with Crippen molar-refractivity contribution in [3.8, 4) is 0 Å². The Kier molecular flexibility index (Phi) is 3.43. The number of rotatable bonds is 2. The Labute approximate surface area is 85.1 Å². The van der Waals surface area contributed by atoms with Crippen LogP contribution in [0.15, 0.2) is 30.3 Å². The highest BCUT2D eigenvalue weighted by Crippen LogP contribution is 2.16. The van der Waals surface area contributed by atoms with Gasteiger partial charge in [-0.05, 0) is 5.19 Å². The first kappa shape index (κ1) is 9.58. The molecule has 0 nitrogen and oxygen atoms in total. The first-order valence-corrected chi connectivity index (χ1v) is 8.51. The van der Waals surface area contributed by atoms with Crippen molar-refractivity contribution < 1.29 is 0 Å². The predicted molar refractivity (Wildman–Crippen MR) is 57.3 cm³/mol. The number of alkyl halides is 1. The van der Waals surface area contributed by atoms with Crippen LogP contribution in [0.25, 0.3) is 0 Å². The van der Waals surface area contributed by atoms with Gasteiger partial charge >= 0.3 is 0 Å². The maximum absolute atomic E-state index is 6.10. The number of halogens is 3. The van der Waals surface area contributed by atoms with E-state index >= 15 is 0 Å². The summed E-state index contributed by atoms with van der Waals surface area (Å²) in [6.07, 6.45) is 0. The Morgan fingerprint density at radius 3 is 2.18 bits per heavy atom. The molecule has 0 heterocycles. The van der Waals surface area contributed by atoms with Gasteiger partial charge in [0.15, 0.2) is 0 Å². The lowest BCUT2D eigenvalue weighted by atomic mass is 10.4. The van der Waals surface area contributed by atoms with Gasteiger partial charge in [-0.3, -0.25) is 0 Å². The van der Waals surface area contributed by atoms with Gasteiger partial charge in [-0.1, -0.05) is 46.3 Å². The van der Waals surface area contributed by atoms with Crippen molar-refractivity contribution in [2.24, 2.45) is 0 Å². The minimum atomic E-state index is -2.19. The predicted octanol–water partition coefficient (Wildman–Crippen LogP) is 2.75. The second kappa shape index (κ2) is 3.94. The summed E-state index contributed by atoms with van der Waals surface area (Å²) in [6, 6.07) is 9.78. The van der Waals surface area contributed by atoms with Crippen LogP contribution in [0.4, 0.5) is 0 Å². The molecule has 0 fully saturated rings. The van der Waals surface area contributed by atoms with Crippen LogP contribution in [0, 0.1) is 0 Å². The molecule has 0 aliphatic carbocycles. The van der Waals surface area contributed by atoms with Gasteiger partial charge in [-0.2, -0.15) is 0 Å². The van der Waals surface area contributed by atoms with E-state index < -0.39 is 6.69 Å². The van der Waals surface area contributed by atoms with E-state index in [1.54, 1.807) is 0 Å². The monoisotopic (exact) mass is 268 g/mol. The van der Waals surface area contributed by atoms with E-state index in [9.17, 15) is 0 Å². The van der Waals surface area contributed by atoms with E-state index in [0.717, 1.165) is 5.19 Å². The van der Waals surface area contributed by atoms with Gasteiger partial charge in [0, 0.05) is 4.95 Å². The van der Waals surface area contributed by atoms with E-state index in [2.05, 4.69) is 15.9 Å². The molecule has 4 heteroatoms. The summed E-state index contributed by atoms with van der Waals surface area (Å²) in [5.41, 5.74) is 0. The highest BCUT2D eigenvalue weighted by molar-refractivity contribution is 9.10. The van der Waals surface area contributed by atoms with E-state index in [1.165, 1.54) is 0 Å². The third-order valence-corrected chi connectivity index (χ3v) is 9.45. The Hall–Kier alpha value is 0.497. The molecule has 0 aliphatic rings. The molecule has 0 saturated heterocycles. The summed E-state index contributed by atoms with van der Waals surface area (Å²) < 4.78 is 0. The molecule has 0 amide bonds. The molecule has 1 rings (SSSR count). The van der Waals surface area contributed by atoms with Gasteiger partial charge in [0.05, 0.1) is 0 Å². The van der Waals surface area contributed by atoms with Gasteiger partial charge in [0.2, 0.25) is 0 Å². The molecule has 0 atom stereocenters. The Balaban J connectivity index is 2.93. The first-order chi connectivity index (χ1) is 5.17. The fourth-order valence-electron chi connectivity index (χ4n) is 0.759. The third kappa shape index (κ3) is 2.48. The van der Waals surface area contributed by atoms with Crippen LogP contribution in [-0.4, -0.2) is 11.6 Å². The molecular weight excluding hydrogens is 263 g/mol. The van der Waals surface area contributed by atoms with Crippen LogP contribution in [0.1, 0.15) is 0 Å². The molecule has 11 heavy (non-hydrogen) atoms. The van der Waals surface area contributed by atoms with Crippen LogP contribution in [0.2, 0.25) is 0 Å². The molecule has 0 saturated carbocycles. The summed E-state index contributed by atoms with van der Waals surface area (Å²) in [4.78, 5) is 0.674. The van der Waals surface area contributed by atoms with Gasteiger partial charge < -0.3 is 0 Å². The van der Waals surface area contributed by atoms with Crippen LogP contribution >= 0.6 is 38.1 Å². The second-order valence-corrected chi connectivity index (χ2v) is 10.6. The molecule has 0 aliphatic heterocycles. The summed E-state index contributed by atoms with van der Waals surface area (Å²) in [5.74, 6) is 0. The quantitative estimate of drug-likeness (QED) is 0.440. The van der Waals surface area contributed by atoms with Crippen molar-refractivity contribution in [1.29, 1.82) is 0 Å². The Morgan fingerprint density at radius 2 is 1.73 bits per heavy atom. The standard InChI is InChI=1S/C7H7BrCl2Si/c8-6-11(9,10)7-4-2-1-3-5-7/h1-5H,6H2. The van der Waals surface area contributed by atoms with Crippen LogP contribution in [0.3, 0.4) is 0 Å². The lowest BCUT2D eigenvalue weighted by molar-refractivity contribution is 1.76. The molecule has 0 bridgehead atoms. The van der Waals surface area contributed by atoms with Gasteiger partial charge in [0.1, 0.15) is 0 Å². The van der Waals surface area contributed by atoms with E-state index in [1.807, 2.05) is 30.3 Å². The van der Waals surface area contributed by atoms with Crippen molar-refractivity contribution in [3.05, 3.63) is 30.3 Å².